The Morgan fingerprint density at radius 2 is 2.54 bits per heavy atom. The van der Waals surface area contributed by atoms with E-state index in [4.69, 9.17) is 4.84 Å². The predicted octanol–water partition coefficient (Wildman–Crippen LogP) is 0.150. The van der Waals surface area contributed by atoms with Crippen molar-refractivity contribution < 1.29 is 9.63 Å². The summed E-state index contributed by atoms with van der Waals surface area (Å²) in [5.74, 6) is 0.723. The molecule has 0 aromatic carbocycles. The average molecular weight is 184 g/mol. The van der Waals surface area contributed by atoms with Crippen LogP contribution in [0.2, 0.25) is 0 Å². The van der Waals surface area contributed by atoms with Gasteiger partial charge in [0.1, 0.15) is 0 Å². The third-order valence-corrected chi connectivity index (χ3v) is 2.66. The second-order valence-electron chi connectivity index (χ2n) is 3.75. The van der Waals surface area contributed by atoms with E-state index in [0.717, 1.165) is 19.6 Å². The van der Waals surface area contributed by atoms with Gasteiger partial charge in [-0.1, -0.05) is 0 Å². The third-order valence-electron chi connectivity index (χ3n) is 2.66. The lowest BCUT2D eigenvalue weighted by Crippen LogP contribution is -2.38. The maximum atomic E-state index is 11.2. The molecule has 2 aliphatic rings. The lowest BCUT2D eigenvalue weighted by Gasteiger charge is -2.26. The summed E-state index contributed by atoms with van der Waals surface area (Å²) >= 11 is 0. The van der Waals surface area contributed by atoms with Crippen LogP contribution in [0, 0.1) is 5.92 Å². The Morgan fingerprint density at radius 1 is 1.62 bits per heavy atom. The summed E-state index contributed by atoms with van der Waals surface area (Å²) in [6.45, 7) is 3.48. The maximum Gasteiger partial charge on any atom is 0.248 e. The molecular weight excluding hydrogens is 168 g/mol. The van der Waals surface area contributed by atoms with Crippen molar-refractivity contribution in [2.45, 2.75) is 19.3 Å². The minimum atomic E-state index is 0.144. The van der Waals surface area contributed by atoms with Gasteiger partial charge in [0, 0.05) is 0 Å². The number of piperidine rings is 1. The highest BCUT2D eigenvalue weighted by atomic mass is 16.7. The van der Waals surface area contributed by atoms with Crippen LogP contribution in [-0.4, -0.2) is 37.2 Å². The Kier molecular flexibility index (Phi) is 2.80. The minimum absolute atomic E-state index is 0.144. The highest BCUT2D eigenvalue weighted by Crippen LogP contribution is 2.15. The van der Waals surface area contributed by atoms with Crippen molar-refractivity contribution >= 4 is 5.91 Å². The number of hydroxylamine groups is 2. The number of rotatable bonds is 2. The van der Waals surface area contributed by atoms with E-state index in [1.165, 1.54) is 17.9 Å². The van der Waals surface area contributed by atoms with Gasteiger partial charge in [0.15, 0.2) is 0 Å². The van der Waals surface area contributed by atoms with Crippen LogP contribution < -0.4 is 5.32 Å². The summed E-state index contributed by atoms with van der Waals surface area (Å²) in [6, 6.07) is 0. The molecule has 2 heterocycles. The van der Waals surface area contributed by atoms with Crippen LogP contribution in [-0.2, 0) is 9.63 Å². The van der Waals surface area contributed by atoms with Crippen LogP contribution in [0.1, 0.15) is 19.3 Å². The van der Waals surface area contributed by atoms with Crippen molar-refractivity contribution in [3.63, 3.8) is 0 Å². The molecule has 0 radical (unpaired) electrons. The summed E-state index contributed by atoms with van der Waals surface area (Å²) in [5.41, 5.74) is 0. The Balaban J connectivity index is 1.79. The standard InChI is InChI=1S/C9H16N2O2/c12-9-3-5-13-11(9)7-8-2-1-4-10-6-8/h8,10H,1-7H2. The molecule has 0 spiro atoms. The summed E-state index contributed by atoms with van der Waals surface area (Å²) in [5, 5.41) is 4.87. The second-order valence-corrected chi connectivity index (χ2v) is 3.75. The number of amides is 1. The normalized spacial score (nSPS) is 29.7. The van der Waals surface area contributed by atoms with Gasteiger partial charge in [-0.25, -0.2) is 5.06 Å². The van der Waals surface area contributed by atoms with Gasteiger partial charge in [0.05, 0.1) is 19.6 Å². The molecular formula is C9H16N2O2. The molecule has 13 heavy (non-hydrogen) atoms. The average Bonchev–Trinajstić information content (AvgIpc) is 2.54. The SMILES string of the molecule is O=C1CCON1CC1CCCNC1. The van der Waals surface area contributed by atoms with Crippen LogP contribution in [0.3, 0.4) is 0 Å². The molecule has 0 aromatic rings. The number of hydrogen-bond acceptors (Lipinski definition) is 3. The van der Waals surface area contributed by atoms with Crippen LogP contribution in [0.5, 0.6) is 0 Å². The molecule has 1 atom stereocenters. The maximum absolute atomic E-state index is 11.2. The van der Waals surface area contributed by atoms with Gasteiger partial charge in [-0.15, -0.1) is 0 Å². The third kappa shape index (κ3) is 2.19. The van der Waals surface area contributed by atoms with Gasteiger partial charge in [0.25, 0.3) is 0 Å². The summed E-state index contributed by atoms with van der Waals surface area (Å²) < 4.78 is 0. The van der Waals surface area contributed by atoms with Crippen molar-refractivity contribution in [1.29, 1.82) is 0 Å². The monoisotopic (exact) mass is 184 g/mol. The number of hydrogen-bond donors (Lipinski definition) is 1. The summed E-state index contributed by atoms with van der Waals surface area (Å²) in [6.07, 6.45) is 2.98. The molecule has 1 amide bonds. The van der Waals surface area contributed by atoms with Crippen molar-refractivity contribution in [3.8, 4) is 0 Å². The van der Waals surface area contributed by atoms with Crippen LogP contribution in [0.25, 0.3) is 0 Å². The van der Waals surface area contributed by atoms with Crippen LogP contribution in [0.4, 0.5) is 0 Å². The van der Waals surface area contributed by atoms with Crippen molar-refractivity contribution in [2.75, 3.05) is 26.2 Å². The van der Waals surface area contributed by atoms with Crippen molar-refractivity contribution in [2.24, 2.45) is 5.92 Å². The van der Waals surface area contributed by atoms with Gasteiger partial charge in [0.2, 0.25) is 5.91 Å². The fraction of sp³-hybridized carbons (Fsp3) is 0.889. The number of nitrogens with zero attached hydrogens (tertiary/aromatic N) is 1. The first-order chi connectivity index (χ1) is 6.36. The lowest BCUT2D eigenvalue weighted by molar-refractivity contribution is -0.164. The minimum Gasteiger partial charge on any atom is -0.316 e. The smallest absolute Gasteiger partial charge is 0.248 e. The summed E-state index contributed by atoms with van der Waals surface area (Å²) in [4.78, 5) is 16.5. The second kappa shape index (κ2) is 4.07. The Morgan fingerprint density at radius 3 is 3.15 bits per heavy atom. The molecule has 2 rings (SSSR count). The molecule has 0 aromatic heterocycles. The predicted molar refractivity (Wildman–Crippen MR) is 47.9 cm³/mol. The first-order valence-corrected chi connectivity index (χ1v) is 5.00. The van der Waals surface area contributed by atoms with Gasteiger partial charge >= 0.3 is 0 Å². The molecule has 0 saturated carbocycles. The van der Waals surface area contributed by atoms with E-state index in [1.807, 2.05) is 0 Å². The molecule has 4 nitrogen and oxygen atoms in total. The molecule has 2 saturated heterocycles. The van der Waals surface area contributed by atoms with E-state index in [0.29, 0.717) is 18.9 Å². The molecule has 74 valence electrons. The molecule has 2 aliphatic heterocycles. The van der Waals surface area contributed by atoms with E-state index in [-0.39, 0.29) is 5.91 Å². The zero-order valence-electron chi connectivity index (χ0n) is 7.79. The van der Waals surface area contributed by atoms with E-state index in [9.17, 15) is 4.79 Å². The molecule has 2 fully saturated rings. The highest BCUT2D eigenvalue weighted by Gasteiger charge is 2.25. The van der Waals surface area contributed by atoms with Gasteiger partial charge in [-0.3, -0.25) is 9.63 Å². The number of nitrogens with one attached hydrogen (secondary N) is 1. The van der Waals surface area contributed by atoms with Crippen LogP contribution >= 0.6 is 0 Å². The molecule has 4 heteroatoms. The van der Waals surface area contributed by atoms with E-state index in [1.54, 1.807) is 0 Å². The molecule has 1 N–H and O–H groups in total. The first-order valence-electron chi connectivity index (χ1n) is 5.00. The van der Waals surface area contributed by atoms with E-state index < -0.39 is 0 Å². The fourth-order valence-electron chi connectivity index (χ4n) is 1.91. The number of carbonyl (C=O) groups is 1. The van der Waals surface area contributed by atoms with Crippen LogP contribution in [0.15, 0.2) is 0 Å². The van der Waals surface area contributed by atoms with Gasteiger partial charge < -0.3 is 5.32 Å². The zero-order chi connectivity index (χ0) is 9.10. The first kappa shape index (κ1) is 8.97. The molecule has 1 unspecified atom stereocenters. The molecule has 0 aliphatic carbocycles. The Hall–Kier alpha value is -0.610. The van der Waals surface area contributed by atoms with Gasteiger partial charge in [-0.05, 0) is 31.8 Å². The number of carbonyl (C=O) groups excluding carboxylic acids is 1. The largest absolute Gasteiger partial charge is 0.316 e. The Labute approximate surface area is 78.2 Å². The molecule has 0 bridgehead atoms. The van der Waals surface area contributed by atoms with E-state index in [2.05, 4.69) is 5.32 Å². The fourth-order valence-corrected chi connectivity index (χ4v) is 1.91. The Bertz CT molecular complexity index is 190. The highest BCUT2D eigenvalue weighted by molar-refractivity contribution is 5.76. The van der Waals surface area contributed by atoms with E-state index >= 15 is 0 Å². The van der Waals surface area contributed by atoms with Crippen molar-refractivity contribution in [1.82, 2.24) is 10.4 Å². The topological polar surface area (TPSA) is 41.6 Å². The quantitative estimate of drug-likeness (QED) is 0.664. The van der Waals surface area contributed by atoms with Crippen molar-refractivity contribution in [3.05, 3.63) is 0 Å². The van der Waals surface area contributed by atoms with Gasteiger partial charge in [-0.2, -0.15) is 0 Å². The lowest BCUT2D eigenvalue weighted by atomic mass is 10.00. The summed E-state index contributed by atoms with van der Waals surface area (Å²) in [7, 11) is 0. The zero-order valence-corrected chi connectivity index (χ0v) is 7.79.